The van der Waals surface area contributed by atoms with E-state index >= 15 is 0 Å². The summed E-state index contributed by atoms with van der Waals surface area (Å²) in [4.78, 5) is 19.8. The van der Waals surface area contributed by atoms with Gasteiger partial charge in [0.25, 0.3) is 0 Å². The molecule has 0 fully saturated rings. The number of hydrogen-bond donors (Lipinski definition) is 1. The van der Waals surface area contributed by atoms with Gasteiger partial charge in [-0.15, -0.1) is 0 Å². The molecule has 0 spiro atoms. The third-order valence-corrected chi connectivity index (χ3v) is 3.75. The monoisotopic (exact) mass is 332 g/mol. The zero-order valence-electron chi connectivity index (χ0n) is 13.0. The Bertz CT molecular complexity index is 620. The van der Waals surface area contributed by atoms with Gasteiger partial charge >= 0.3 is 6.01 Å². The SMILES string of the molecule is CCOc1ncc(NC(=O)CN(C)S(C)(=O)=O)c(OCC)n1. The Labute approximate surface area is 129 Å². The van der Waals surface area contributed by atoms with E-state index in [4.69, 9.17) is 9.47 Å². The lowest BCUT2D eigenvalue weighted by molar-refractivity contribution is -0.116. The van der Waals surface area contributed by atoms with Gasteiger partial charge in [0.1, 0.15) is 5.69 Å². The zero-order chi connectivity index (χ0) is 16.8. The van der Waals surface area contributed by atoms with Crippen LogP contribution in [-0.2, 0) is 14.8 Å². The lowest BCUT2D eigenvalue weighted by atomic mass is 10.4. The van der Waals surface area contributed by atoms with Gasteiger partial charge in [0.2, 0.25) is 21.8 Å². The molecular weight excluding hydrogens is 312 g/mol. The van der Waals surface area contributed by atoms with E-state index in [0.29, 0.717) is 13.2 Å². The van der Waals surface area contributed by atoms with E-state index in [2.05, 4.69) is 15.3 Å². The van der Waals surface area contributed by atoms with Crippen LogP contribution in [0.3, 0.4) is 0 Å². The first-order valence-corrected chi connectivity index (χ1v) is 8.46. The van der Waals surface area contributed by atoms with Crippen molar-refractivity contribution >= 4 is 21.6 Å². The van der Waals surface area contributed by atoms with Gasteiger partial charge in [0.15, 0.2) is 0 Å². The highest BCUT2D eigenvalue weighted by Gasteiger charge is 2.17. The maximum absolute atomic E-state index is 11.9. The summed E-state index contributed by atoms with van der Waals surface area (Å²) in [5.74, 6) is -0.363. The smallest absolute Gasteiger partial charge is 0.319 e. The molecule has 0 aliphatic heterocycles. The first-order chi connectivity index (χ1) is 10.3. The summed E-state index contributed by atoms with van der Waals surface area (Å²) in [6, 6.07) is 0.136. The van der Waals surface area contributed by atoms with Crippen molar-refractivity contribution in [3.8, 4) is 11.9 Å². The maximum atomic E-state index is 11.9. The zero-order valence-corrected chi connectivity index (χ0v) is 13.8. The van der Waals surface area contributed by atoms with E-state index in [1.54, 1.807) is 13.8 Å². The van der Waals surface area contributed by atoms with Crippen LogP contribution in [0.1, 0.15) is 13.8 Å². The number of sulfonamides is 1. The van der Waals surface area contributed by atoms with Crippen LogP contribution in [0.4, 0.5) is 5.69 Å². The molecule has 0 unspecified atom stereocenters. The van der Waals surface area contributed by atoms with E-state index < -0.39 is 15.9 Å². The van der Waals surface area contributed by atoms with Gasteiger partial charge in [0, 0.05) is 7.05 Å². The molecule has 1 aromatic rings. The minimum atomic E-state index is -3.43. The Morgan fingerprint density at radius 3 is 2.50 bits per heavy atom. The third-order valence-electron chi connectivity index (χ3n) is 2.49. The summed E-state index contributed by atoms with van der Waals surface area (Å²) in [5.41, 5.74) is 0.247. The van der Waals surface area contributed by atoms with Gasteiger partial charge in [-0.3, -0.25) is 4.79 Å². The minimum absolute atomic E-state index is 0.136. The average molecular weight is 332 g/mol. The molecule has 124 valence electrons. The Balaban J connectivity index is 2.85. The summed E-state index contributed by atoms with van der Waals surface area (Å²) < 4.78 is 34.0. The van der Waals surface area contributed by atoms with Crippen molar-refractivity contribution in [2.45, 2.75) is 13.8 Å². The van der Waals surface area contributed by atoms with E-state index in [-0.39, 0.29) is 24.1 Å². The summed E-state index contributed by atoms with van der Waals surface area (Å²) >= 11 is 0. The first kappa shape index (κ1) is 18.1. The van der Waals surface area contributed by atoms with E-state index in [0.717, 1.165) is 10.6 Å². The van der Waals surface area contributed by atoms with E-state index in [1.165, 1.54) is 13.2 Å². The van der Waals surface area contributed by atoms with Crippen molar-refractivity contribution in [1.29, 1.82) is 0 Å². The van der Waals surface area contributed by atoms with Crippen LogP contribution >= 0.6 is 0 Å². The Morgan fingerprint density at radius 1 is 1.32 bits per heavy atom. The van der Waals surface area contributed by atoms with Gasteiger partial charge in [-0.05, 0) is 13.8 Å². The molecule has 0 saturated heterocycles. The van der Waals surface area contributed by atoms with Crippen molar-refractivity contribution in [1.82, 2.24) is 14.3 Å². The molecule has 22 heavy (non-hydrogen) atoms. The van der Waals surface area contributed by atoms with Crippen LogP contribution in [0, 0.1) is 0 Å². The van der Waals surface area contributed by atoms with Gasteiger partial charge < -0.3 is 14.8 Å². The number of aromatic nitrogens is 2. The quantitative estimate of drug-likeness (QED) is 0.719. The van der Waals surface area contributed by atoms with Gasteiger partial charge in [0.05, 0.1) is 32.2 Å². The van der Waals surface area contributed by atoms with Crippen LogP contribution in [0.15, 0.2) is 6.20 Å². The predicted octanol–water partition coefficient (Wildman–Crippen LogP) is 0.104. The van der Waals surface area contributed by atoms with E-state index in [9.17, 15) is 13.2 Å². The van der Waals surface area contributed by atoms with Crippen LogP contribution in [0.25, 0.3) is 0 Å². The molecule has 0 aromatic carbocycles. The third kappa shape index (κ3) is 5.45. The number of rotatable bonds is 8. The minimum Gasteiger partial charge on any atom is -0.476 e. The second-order valence-electron chi connectivity index (χ2n) is 4.30. The number of carbonyl (C=O) groups is 1. The van der Waals surface area contributed by atoms with Crippen molar-refractivity contribution in [2.24, 2.45) is 0 Å². The fourth-order valence-electron chi connectivity index (χ4n) is 1.39. The molecule has 9 nitrogen and oxygen atoms in total. The molecule has 0 radical (unpaired) electrons. The van der Waals surface area contributed by atoms with Crippen molar-refractivity contribution in [3.63, 3.8) is 0 Å². The average Bonchev–Trinajstić information content (AvgIpc) is 2.41. The highest BCUT2D eigenvalue weighted by molar-refractivity contribution is 7.88. The number of nitrogens with zero attached hydrogens (tertiary/aromatic N) is 3. The van der Waals surface area contributed by atoms with Crippen molar-refractivity contribution in [2.75, 3.05) is 38.4 Å². The fraction of sp³-hybridized carbons (Fsp3) is 0.583. The topological polar surface area (TPSA) is 111 Å². The van der Waals surface area contributed by atoms with Crippen molar-refractivity contribution in [3.05, 3.63) is 6.20 Å². The summed E-state index contributed by atoms with van der Waals surface area (Å²) in [5, 5.41) is 2.52. The summed E-state index contributed by atoms with van der Waals surface area (Å²) in [6.07, 6.45) is 2.37. The number of nitrogens with one attached hydrogen (secondary N) is 1. The number of anilines is 1. The largest absolute Gasteiger partial charge is 0.476 e. The highest BCUT2D eigenvalue weighted by Crippen LogP contribution is 2.23. The summed E-state index contributed by atoms with van der Waals surface area (Å²) in [7, 11) is -2.12. The molecule has 0 bridgehead atoms. The van der Waals surface area contributed by atoms with Crippen LogP contribution in [0.5, 0.6) is 11.9 Å². The van der Waals surface area contributed by atoms with Crippen LogP contribution < -0.4 is 14.8 Å². The molecule has 1 heterocycles. The molecule has 1 N–H and O–H groups in total. The normalized spacial score (nSPS) is 11.3. The number of ether oxygens (including phenoxy) is 2. The van der Waals surface area contributed by atoms with E-state index in [1.807, 2.05) is 0 Å². The second kappa shape index (κ2) is 7.90. The van der Waals surface area contributed by atoms with Gasteiger partial charge in [-0.2, -0.15) is 9.29 Å². The number of amides is 1. The molecule has 10 heteroatoms. The number of carbonyl (C=O) groups excluding carboxylic acids is 1. The fourth-order valence-corrected chi connectivity index (χ4v) is 1.74. The molecule has 1 amide bonds. The molecular formula is C12H20N4O5S. The Kier molecular flexibility index (Phi) is 6.50. The van der Waals surface area contributed by atoms with Gasteiger partial charge in [-0.25, -0.2) is 13.4 Å². The molecule has 1 rings (SSSR count). The van der Waals surface area contributed by atoms with Gasteiger partial charge in [-0.1, -0.05) is 0 Å². The number of likely N-dealkylation sites (N-methyl/N-ethyl adjacent to an activating group) is 1. The summed E-state index contributed by atoms with van der Waals surface area (Å²) in [6.45, 7) is 3.98. The number of hydrogen-bond acceptors (Lipinski definition) is 7. The predicted molar refractivity (Wildman–Crippen MR) is 80.5 cm³/mol. The molecule has 0 saturated carbocycles. The first-order valence-electron chi connectivity index (χ1n) is 6.61. The lowest BCUT2D eigenvalue weighted by Gasteiger charge is -2.15. The second-order valence-corrected chi connectivity index (χ2v) is 6.39. The molecule has 0 aliphatic carbocycles. The molecule has 0 aliphatic rings. The van der Waals surface area contributed by atoms with Crippen LogP contribution in [-0.4, -0.2) is 61.7 Å². The lowest BCUT2D eigenvalue weighted by Crippen LogP contribution is -2.34. The highest BCUT2D eigenvalue weighted by atomic mass is 32.2. The Hall–Kier alpha value is -1.94. The molecule has 1 aromatic heterocycles. The van der Waals surface area contributed by atoms with Crippen LogP contribution in [0.2, 0.25) is 0 Å². The van der Waals surface area contributed by atoms with Crippen molar-refractivity contribution < 1.29 is 22.7 Å². The Morgan fingerprint density at radius 2 is 1.95 bits per heavy atom. The standard InChI is InChI=1S/C12H20N4O5S/c1-5-20-11-9(7-13-12(15-11)21-6-2)14-10(17)8-16(3)22(4,18)19/h7H,5-6,8H2,1-4H3,(H,14,17). The maximum Gasteiger partial charge on any atom is 0.319 e. The molecule has 0 atom stereocenters.